The Hall–Kier alpha value is -3.19. The summed E-state index contributed by atoms with van der Waals surface area (Å²) in [5.41, 5.74) is 9.03. The Bertz CT molecular complexity index is 997. The number of hydrogen-bond acceptors (Lipinski definition) is 4. The first-order chi connectivity index (χ1) is 13.2. The Morgan fingerprint density at radius 3 is 2.96 bits per heavy atom. The SMILES string of the molecule is NCC1CCCN1C(=O)c1cccc(NC(=O)c2ccc3nc[nH]c3c2)c1. The van der Waals surface area contributed by atoms with E-state index in [1.54, 1.807) is 48.8 Å². The maximum absolute atomic E-state index is 12.8. The molecule has 2 amide bonds. The van der Waals surface area contributed by atoms with Crippen LogP contribution < -0.4 is 11.1 Å². The van der Waals surface area contributed by atoms with E-state index >= 15 is 0 Å². The number of carbonyl (C=O) groups excluding carboxylic acids is 2. The molecule has 0 aliphatic carbocycles. The summed E-state index contributed by atoms with van der Waals surface area (Å²) in [7, 11) is 0. The average molecular weight is 363 g/mol. The Kier molecular flexibility index (Phi) is 4.60. The van der Waals surface area contributed by atoms with E-state index in [2.05, 4.69) is 15.3 Å². The number of carbonyl (C=O) groups is 2. The fourth-order valence-corrected chi connectivity index (χ4v) is 3.52. The molecule has 1 saturated heterocycles. The summed E-state index contributed by atoms with van der Waals surface area (Å²) in [6.45, 7) is 1.19. The van der Waals surface area contributed by atoms with Gasteiger partial charge in [0.2, 0.25) is 0 Å². The van der Waals surface area contributed by atoms with Crippen molar-refractivity contribution >= 4 is 28.5 Å². The standard InChI is InChI=1S/C20H21N5O2/c21-11-16-5-2-8-25(16)20(27)14-3-1-4-15(9-14)24-19(26)13-6-7-17-18(10-13)23-12-22-17/h1,3-4,6-7,9-10,12,16H,2,5,8,11,21H2,(H,22,23)(H,24,26). The second kappa shape index (κ2) is 7.20. The molecule has 0 spiro atoms. The van der Waals surface area contributed by atoms with Crippen LogP contribution in [0.3, 0.4) is 0 Å². The molecule has 0 saturated carbocycles. The highest BCUT2D eigenvalue weighted by molar-refractivity contribution is 6.06. The predicted molar refractivity (Wildman–Crippen MR) is 104 cm³/mol. The summed E-state index contributed by atoms with van der Waals surface area (Å²) in [4.78, 5) is 34.3. The number of anilines is 1. The number of amides is 2. The maximum Gasteiger partial charge on any atom is 0.255 e. The van der Waals surface area contributed by atoms with Crippen molar-refractivity contribution in [1.29, 1.82) is 0 Å². The first kappa shape index (κ1) is 17.2. The zero-order valence-corrected chi connectivity index (χ0v) is 14.8. The molecule has 2 aromatic carbocycles. The van der Waals surface area contributed by atoms with Crippen LogP contribution in [0.2, 0.25) is 0 Å². The molecule has 1 atom stereocenters. The maximum atomic E-state index is 12.8. The number of aromatic amines is 1. The van der Waals surface area contributed by atoms with Gasteiger partial charge in [-0.3, -0.25) is 9.59 Å². The lowest BCUT2D eigenvalue weighted by Crippen LogP contribution is -2.39. The van der Waals surface area contributed by atoms with Gasteiger partial charge in [0.1, 0.15) is 0 Å². The highest BCUT2D eigenvalue weighted by atomic mass is 16.2. The minimum Gasteiger partial charge on any atom is -0.345 e. The molecule has 4 rings (SSSR count). The third-order valence-corrected chi connectivity index (χ3v) is 4.96. The van der Waals surface area contributed by atoms with Gasteiger partial charge < -0.3 is 20.9 Å². The smallest absolute Gasteiger partial charge is 0.255 e. The van der Waals surface area contributed by atoms with Crippen LogP contribution in [0.1, 0.15) is 33.6 Å². The Morgan fingerprint density at radius 2 is 2.11 bits per heavy atom. The molecule has 2 heterocycles. The van der Waals surface area contributed by atoms with Gasteiger partial charge in [-0.2, -0.15) is 0 Å². The monoisotopic (exact) mass is 363 g/mol. The molecule has 1 fully saturated rings. The first-order valence-corrected chi connectivity index (χ1v) is 9.01. The van der Waals surface area contributed by atoms with Gasteiger partial charge in [0.15, 0.2) is 0 Å². The Balaban J connectivity index is 1.52. The van der Waals surface area contributed by atoms with Crippen molar-refractivity contribution in [3.8, 4) is 0 Å². The normalized spacial score (nSPS) is 16.6. The third-order valence-electron chi connectivity index (χ3n) is 4.96. The number of nitrogens with one attached hydrogen (secondary N) is 2. The average Bonchev–Trinajstić information content (AvgIpc) is 3.35. The molecule has 0 radical (unpaired) electrons. The zero-order valence-electron chi connectivity index (χ0n) is 14.8. The third kappa shape index (κ3) is 3.41. The van der Waals surface area contributed by atoms with Crippen molar-refractivity contribution in [1.82, 2.24) is 14.9 Å². The molecular weight excluding hydrogens is 342 g/mol. The quantitative estimate of drug-likeness (QED) is 0.662. The van der Waals surface area contributed by atoms with Crippen LogP contribution in [0.4, 0.5) is 5.69 Å². The summed E-state index contributed by atoms with van der Waals surface area (Å²) in [5.74, 6) is -0.282. The number of aromatic nitrogens is 2. The summed E-state index contributed by atoms with van der Waals surface area (Å²) in [6, 6.07) is 12.4. The number of benzene rings is 2. The van der Waals surface area contributed by atoms with Crippen LogP contribution in [-0.2, 0) is 0 Å². The van der Waals surface area contributed by atoms with Gasteiger partial charge in [-0.25, -0.2) is 4.98 Å². The molecule has 1 aromatic heterocycles. The van der Waals surface area contributed by atoms with Crippen molar-refractivity contribution in [2.45, 2.75) is 18.9 Å². The largest absolute Gasteiger partial charge is 0.345 e. The van der Waals surface area contributed by atoms with E-state index in [0.717, 1.165) is 30.4 Å². The Labute approximate surface area is 156 Å². The lowest BCUT2D eigenvalue weighted by atomic mass is 10.1. The second-order valence-electron chi connectivity index (χ2n) is 6.70. The molecule has 4 N–H and O–H groups in total. The highest BCUT2D eigenvalue weighted by Gasteiger charge is 2.28. The molecule has 1 aliphatic heterocycles. The fraction of sp³-hybridized carbons (Fsp3) is 0.250. The van der Waals surface area contributed by atoms with Crippen molar-refractivity contribution in [2.75, 3.05) is 18.4 Å². The van der Waals surface area contributed by atoms with Crippen LogP contribution in [0, 0.1) is 0 Å². The summed E-state index contributed by atoms with van der Waals surface area (Å²) in [5, 5.41) is 2.86. The van der Waals surface area contributed by atoms with Gasteiger partial charge in [0, 0.05) is 35.9 Å². The molecule has 7 nitrogen and oxygen atoms in total. The van der Waals surface area contributed by atoms with E-state index in [-0.39, 0.29) is 17.9 Å². The van der Waals surface area contributed by atoms with Crippen LogP contribution in [0.15, 0.2) is 48.8 Å². The van der Waals surface area contributed by atoms with Gasteiger partial charge in [-0.15, -0.1) is 0 Å². The number of nitrogens with two attached hydrogens (primary N) is 1. The van der Waals surface area contributed by atoms with Gasteiger partial charge in [-0.05, 0) is 49.2 Å². The number of rotatable bonds is 4. The van der Waals surface area contributed by atoms with Crippen LogP contribution in [-0.4, -0.2) is 45.8 Å². The predicted octanol–water partition coefficient (Wildman–Crippen LogP) is 2.38. The number of nitrogens with zero attached hydrogens (tertiary/aromatic N) is 2. The zero-order chi connectivity index (χ0) is 18.8. The number of fused-ring (bicyclic) bond motifs is 1. The lowest BCUT2D eigenvalue weighted by Gasteiger charge is -2.23. The van der Waals surface area contributed by atoms with E-state index in [0.29, 0.717) is 23.4 Å². The van der Waals surface area contributed by atoms with Crippen LogP contribution >= 0.6 is 0 Å². The second-order valence-corrected chi connectivity index (χ2v) is 6.70. The van der Waals surface area contributed by atoms with Gasteiger partial charge in [0.05, 0.1) is 17.4 Å². The molecule has 0 bridgehead atoms. The van der Waals surface area contributed by atoms with Gasteiger partial charge in [0.25, 0.3) is 11.8 Å². The summed E-state index contributed by atoms with van der Waals surface area (Å²) < 4.78 is 0. The highest BCUT2D eigenvalue weighted by Crippen LogP contribution is 2.21. The topological polar surface area (TPSA) is 104 Å². The lowest BCUT2D eigenvalue weighted by molar-refractivity contribution is 0.0741. The molecule has 7 heteroatoms. The van der Waals surface area contributed by atoms with Crippen LogP contribution in [0.5, 0.6) is 0 Å². The first-order valence-electron chi connectivity index (χ1n) is 9.01. The van der Waals surface area contributed by atoms with Crippen molar-refractivity contribution in [3.63, 3.8) is 0 Å². The van der Waals surface area contributed by atoms with Gasteiger partial charge in [-0.1, -0.05) is 6.07 Å². The number of hydrogen-bond donors (Lipinski definition) is 3. The Morgan fingerprint density at radius 1 is 1.22 bits per heavy atom. The molecule has 3 aromatic rings. The number of imidazole rings is 1. The van der Waals surface area contributed by atoms with E-state index in [1.807, 2.05) is 4.90 Å². The molecule has 1 unspecified atom stereocenters. The van der Waals surface area contributed by atoms with E-state index in [1.165, 1.54) is 0 Å². The summed E-state index contributed by atoms with van der Waals surface area (Å²) >= 11 is 0. The van der Waals surface area contributed by atoms with E-state index < -0.39 is 0 Å². The number of H-pyrrole nitrogens is 1. The minimum atomic E-state index is -0.239. The molecule has 27 heavy (non-hydrogen) atoms. The number of likely N-dealkylation sites (tertiary alicyclic amines) is 1. The summed E-state index contributed by atoms with van der Waals surface area (Å²) in [6.07, 6.45) is 3.50. The van der Waals surface area contributed by atoms with Crippen LogP contribution in [0.25, 0.3) is 11.0 Å². The fourth-order valence-electron chi connectivity index (χ4n) is 3.52. The van der Waals surface area contributed by atoms with Crippen molar-refractivity contribution < 1.29 is 9.59 Å². The van der Waals surface area contributed by atoms with Crippen molar-refractivity contribution in [2.24, 2.45) is 5.73 Å². The van der Waals surface area contributed by atoms with Gasteiger partial charge >= 0.3 is 0 Å². The molecule has 138 valence electrons. The van der Waals surface area contributed by atoms with Crippen molar-refractivity contribution in [3.05, 3.63) is 59.9 Å². The van der Waals surface area contributed by atoms with E-state index in [4.69, 9.17) is 5.73 Å². The molecular formula is C20H21N5O2. The minimum absolute atomic E-state index is 0.0436. The van der Waals surface area contributed by atoms with E-state index in [9.17, 15) is 9.59 Å². The molecule has 1 aliphatic rings.